The molecular formula is C14H17F3O. The summed E-state index contributed by atoms with van der Waals surface area (Å²) < 4.78 is 38.0. The highest BCUT2D eigenvalue weighted by Crippen LogP contribution is 2.55. The molecule has 3 atom stereocenters. The molecule has 2 rings (SSSR count). The second kappa shape index (κ2) is 4.26. The van der Waals surface area contributed by atoms with Crippen LogP contribution in [-0.2, 0) is 6.18 Å². The van der Waals surface area contributed by atoms with Gasteiger partial charge in [0, 0.05) is 5.41 Å². The highest BCUT2D eigenvalue weighted by atomic mass is 19.4. The zero-order chi connectivity index (χ0) is 13.6. The summed E-state index contributed by atoms with van der Waals surface area (Å²) in [5.41, 5.74) is -0.233. The first-order valence-corrected chi connectivity index (χ1v) is 6.14. The molecule has 1 saturated carbocycles. The van der Waals surface area contributed by atoms with Crippen molar-refractivity contribution in [1.29, 1.82) is 0 Å². The van der Waals surface area contributed by atoms with E-state index in [4.69, 9.17) is 0 Å². The first-order valence-electron chi connectivity index (χ1n) is 6.14. The minimum absolute atomic E-state index is 0.0137. The summed E-state index contributed by atoms with van der Waals surface area (Å²) in [7, 11) is 0. The van der Waals surface area contributed by atoms with E-state index >= 15 is 0 Å². The molecule has 0 aliphatic heterocycles. The van der Waals surface area contributed by atoms with E-state index in [1.54, 1.807) is 6.07 Å². The fourth-order valence-electron chi connectivity index (χ4n) is 2.76. The quantitative estimate of drug-likeness (QED) is 0.851. The van der Waals surface area contributed by atoms with Crippen LogP contribution in [0.4, 0.5) is 13.2 Å². The molecule has 1 nitrogen and oxygen atoms in total. The van der Waals surface area contributed by atoms with Gasteiger partial charge in [0.15, 0.2) is 0 Å². The van der Waals surface area contributed by atoms with Crippen molar-refractivity contribution in [3.63, 3.8) is 0 Å². The zero-order valence-corrected chi connectivity index (χ0v) is 10.5. The summed E-state index contributed by atoms with van der Waals surface area (Å²) in [5, 5.41) is 9.81. The minimum Gasteiger partial charge on any atom is -0.393 e. The SMILES string of the molecule is CCC1(C)C(O)CC1c1cccc(C(F)(F)F)c1. The predicted molar refractivity (Wildman–Crippen MR) is 63.2 cm³/mol. The Morgan fingerprint density at radius 2 is 2.06 bits per heavy atom. The Balaban J connectivity index is 2.31. The van der Waals surface area contributed by atoms with Gasteiger partial charge in [-0.05, 0) is 30.4 Å². The van der Waals surface area contributed by atoms with Crippen molar-refractivity contribution in [3.8, 4) is 0 Å². The van der Waals surface area contributed by atoms with Crippen molar-refractivity contribution in [2.75, 3.05) is 0 Å². The van der Waals surface area contributed by atoms with Crippen LogP contribution < -0.4 is 0 Å². The third kappa shape index (κ3) is 2.03. The van der Waals surface area contributed by atoms with Crippen molar-refractivity contribution < 1.29 is 18.3 Å². The van der Waals surface area contributed by atoms with E-state index in [-0.39, 0.29) is 11.3 Å². The second-order valence-electron chi connectivity index (χ2n) is 5.29. The van der Waals surface area contributed by atoms with Crippen LogP contribution in [0.1, 0.15) is 43.7 Å². The molecule has 1 aromatic carbocycles. The lowest BCUT2D eigenvalue weighted by Crippen LogP contribution is -2.49. The number of hydrogen-bond donors (Lipinski definition) is 1. The molecule has 1 aliphatic rings. The molecule has 0 aromatic heterocycles. The number of aliphatic hydroxyl groups is 1. The maximum Gasteiger partial charge on any atom is 0.416 e. The molecule has 3 unspecified atom stereocenters. The summed E-state index contributed by atoms with van der Waals surface area (Å²) in [6.45, 7) is 3.90. The number of hydrogen-bond acceptors (Lipinski definition) is 1. The molecule has 1 fully saturated rings. The molecular weight excluding hydrogens is 241 g/mol. The van der Waals surface area contributed by atoms with Crippen LogP contribution in [-0.4, -0.2) is 11.2 Å². The summed E-state index contributed by atoms with van der Waals surface area (Å²) in [6.07, 6.45) is -3.41. The van der Waals surface area contributed by atoms with E-state index in [2.05, 4.69) is 0 Å². The van der Waals surface area contributed by atoms with Gasteiger partial charge < -0.3 is 5.11 Å². The highest BCUT2D eigenvalue weighted by Gasteiger charge is 2.50. The average Bonchev–Trinajstić information content (AvgIpc) is 2.33. The molecule has 18 heavy (non-hydrogen) atoms. The smallest absolute Gasteiger partial charge is 0.393 e. The van der Waals surface area contributed by atoms with Crippen LogP contribution in [0.3, 0.4) is 0 Å². The van der Waals surface area contributed by atoms with Gasteiger partial charge in [0.1, 0.15) is 0 Å². The summed E-state index contributed by atoms with van der Waals surface area (Å²) in [6, 6.07) is 5.46. The van der Waals surface area contributed by atoms with Gasteiger partial charge in [-0.25, -0.2) is 0 Å². The van der Waals surface area contributed by atoms with Gasteiger partial charge in [-0.3, -0.25) is 0 Å². The van der Waals surface area contributed by atoms with Gasteiger partial charge in [-0.15, -0.1) is 0 Å². The van der Waals surface area contributed by atoms with E-state index in [9.17, 15) is 18.3 Å². The Hall–Kier alpha value is -1.03. The molecule has 0 heterocycles. The number of halogens is 3. The molecule has 0 spiro atoms. The summed E-state index contributed by atoms with van der Waals surface area (Å²) in [5.74, 6) is 0.0137. The Morgan fingerprint density at radius 1 is 1.39 bits per heavy atom. The van der Waals surface area contributed by atoms with Crippen molar-refractivity contribution in [2.45, 2.75) is 44.9 Å². The van der Waals surface area contributed by atoms with Crippen LogP contribution in [0.5, 0.6) is 0 Å². The number of rotatable bonds is 2. The molecule has 1 aliphatic carbocycles. The van der Waals surface area contributed by atoms with Crippen molar-refractivity contribution >= 4 is 0 Å². The van der Waals surface area contributed by atoms with E-state index in [1.807, 2.05) is 13.8 Å². The number of alkyl halides is 3. The standard InChI is InChI=1S/C14H17F3O/c1-3-13(2)11(8-12(13)18)9-5-4-6-10(7-9)14(15,16)17/h4-7,11-12,18H,3,8H2,1-2H3. The molecule has 0 amide bonds. The van der Waals surface area contributed by atoms with E-state index < -0.39 is 17.8 Å². The minimum atomic E-state index is -4.30. The molecule has 1 aromatic rings. The predicted octanol–water partition coefficient (Wildman–Crippen LogP) is 3.97. The molecule has 4 heteroatoms. The monoisotopic (exact) mass is 258 g/mol. The van der Waals surface area contributed by atoms with Crippen molar-refractivity contribution in [3.05, 3.63) is 35.4 Å². The summed E-state index contributed by atoms with van der Waals surface area (Å²) in [4.78, 5) is 0. The maximum atomic E-state index is 12.7. The van der Waals surface area contributed by atoms with Gasteiger partial charge in [0.25, 0.3) is 0 Å². The van der Waals surface area contributed by atoms with E-state index in [1.165, 1.54) is 12.1 Å². The van der Waals surface area contributed by atoms with Gasteiger partial charge in [-0.1, -0.05) is 32.0 Å². The lowest BCUT2D eigenvalue weighted by atomic mass is 9.55. The first kappa shape index (κ1) is 13.4. The maximum absolute atomic E-state index is 12.7. The zero-order valence-electron chi connectivity index (χ0n) is 10.5. The largest absolute Gasteiger partial charge is 0.416 e. The van der Waals surface area contributed by atoms with Crippen molar-refractivity contribution in [1.82, 2.24) is 0 Å². The Bertz CT molecular complexity index is 441. The van der Waals surface area contributed by atoms with Gasteiger partial charge >= 0.3 is 6.18 Å². The normalized spacial score (nSPS) is 32.1. The van der Waals surface area contributed by atoms with E-state index in [0.717, 1.165) is 12.5 Å². The average molecular weight is 258 g/mol. The molecule has 1 N–H and O–H groups in total. The highest BCUT2D eigenvalue weighted by molar-refractivity contribution is 5.32. The second-order valence-corrected chi connectivity index (χ2v) is 5.29. The van der Waals surface area contributed by atoms with Crippen LogP contribution in [0, 0.1) is 5.41 Å². The fourth-order valence-corrected chi connectivity index (χ4v) is 2.76. The number of benzene rings is 1. The van der Waals surface area contributed by atoms with Crippen LogP contribution in [0.25, 0.3) is 0 Å². The fraction of sp³-hybridized carbons (Fsp3) is 0.571. The van der Waals surface area contributed by atoms with Crippen LogP contribution in [0.2, 0.25) is 0 Å². The van der Waals surface area contributed by atoms with E-state index in [0.29, 0.717) is 12.0 Å². The lowest BCUT2D eigenvalue weighted by molar-refractivity contribution is -0.137. The third-order valence-corrected chi connectivity index (χ3v) is 4.39. The Morgan fingerprint density at radius 3 is 2.56 bits per heavy atom. The first-order chi connectivity index (χ1) is 8.29. The van der Waals surface area contributed by atoms with Gasteiger partial charge in [-0.2, -0.15) is 13.2 Å². The van der Waals surface area contributed by atoms with Gasteiger partial charge in [0.2, 0.25) is 0 Å². The number of aliphatic hydroxyl groups excluding tert-OH is 1. The Labute approximate surface area is 105 Å². The lowest BCUT2D eigenvalue weighted by Gasteiger charge is -2.51. The van der Waals surface area contributed by atoms with Crippen molar-refractivity contribution in [2.24, 2.45) is 5.41 Å². The molecule has 0 saturated heterocycles. The molecule has 0 radical (unpaired) electrons. The molecule has 0 bridgehead atoms. The van der Waals surface area contributed by atoms with Crippen LogP contribution in [0.15, 0.2) is 24.3 Å². The van der Waals surface area contributed by atoms with Gasteiger partial charge in [0.05, 0.1) is 11.7 Å². The topological polar surface area (TPSA) is 20.2 Å². The summed E-state index contributed by atoms with van der Waals surface area (Å²) >= 11 is 0. The third-order valence-electron chi connectivity index (χ3n) is 4.39. The Kier molecular flexibility index (Phi) is 3.18. The molecule has 100 valence electrons. The van der Waals surface area contributed by atoms with Crippen LogP contribution >= 0.6 is 0 Å².